The fourth-order valence-electron chi connectivity index (χ4n) is 4.25. The number of piperazine rings is 2. The molecule has 2 saturated heterocycles. The highest BCUT2D eigenvalue weighted by atomic mass is 16.3. The maximum Gasteiger partial charge on any atom is 0.247 e. The number of fused-ring (bicyclic) bond motifs is 2. The topological polar surface area (TPSA) is 69.9 Å². The van der Waals surface area contributed by atoms with Crippen molar-refractivity contribution in [1.29, 1.82) is 0 Å². The van der Waals surface area contributed by atoms with Crippen LogP contribution < -0.4 is 0 Å². The van der Waals surface area contributed by atoms with Crippen molar-refractivity contribution >= 4 is 22.7 Å². The lowest BCUT2D eigenvalue weighted by Gasteiger charge is -2.46. The van der Waals surface area contributed by atoms with E-state index in [0.717, 1.165) is 29.6 Å². The van der Waals surface area contributed by atoms with Crippen molar-refractivity contribution in [1.82, 2.24) is 19.7 Å². The van der Waals surface area contributed by atoms with Gasteiger partial charge in [0.15, 0.2) is 0 Å². The number of amides is 2. The Labute approximate surface area is 168 Å². The Hall–Kier alpha value is -3.19. The van der Waals surface area contributed by atoms with Crippen LogP contribution in [-0.4, -0.2) is 63.7 Å². The molecule has 0 spiro atoms. The summed E-state index contributed by atoms with van der Waals surface area (Å²) in [5.41, 5.74) is 3.06. The smallest absolute Gasteiger partial charge is 0.247 e. The lowest BCUT2D eigenvalue weighted by atomic mass is 10.0. The second-order valence-corrected chi connectivity index (χ2v) is 7.69. The van der Waals surface area contributed by atoms with Gasteiger partial charge in [-0.15, -0.1) is 0 Å². The summed E-state index contributed by atoms with van der Waals surface area (Å²) in [6.07, 6.45) is 4.99. The highest BCUT2D eigenvalue weighted by molar-refractivity contribution is 5.95. The van der Waals surface area contributed by atoms with Crippen molar-refractivity contribution in [3.05, 3.63) is 66.2 Å². The first-order valence-electron chi connectivity index (χ1n) is 9.83. The zero-order valence-corrected chi connectivity index (χ0v) is 16.0. The first kappa shape index (κ1) is 17.9. The molecular formula is C22H22N4O3. The van der Waals surface area contributed by atoms with E-state index in [-0.39, 0.29) is 18.4 Å². The summed E-state index contributed by atoms with van der Waals surface area (Å²) >= 11 is 0. The van der Waals surface area contributed by atoms with Crippen LogP contribution in [0.5, 0.6) is 0 Å². The van der Waals surface area contributed by atoms with Crippen LogP contribution in [-0.2, 0) is 22.7 Å². The Bertz CT molecular complexity index is 1050. The molecule has 0 N–H and O–H groups in total. The molecule has 0 saturated carbocycles. The average Bonchev–Trinajstić information content (AvgIpc) is 3.25. The molecule has 0 radical (unpaired) electrons. The van der Waals surface area contributed by atoms with Crippen LogP contribution in [0.15, 0.2) is 59.5 Å². The molecule has 2 aromatic heterocycles. The van der Waals surface area contributed by atoms with Gasteiger partial charge in [-0.3, -0.25) is 19.5 Å². The molecule has 2 fully saturated rings. The van der Waals surface area contributed by atoms with Gasteiger partial charge in [0.25, 0.3) is 0 Å². The van der Waals surface area contributed by atoms with Crippen molar-refractivity contribution in [2.45, 2.75) is 19.1 Å². The summed E-state index contributed by atoms with van der Waals surface area (Å²) in [6, 6.07) is 11.7. The number of pyridine rings is 1. The summed E-state index contributed by atoms with van der Waals surface area (Å²) < 4.78 is 5.09. The highest BCUT2D eigenvalue weighted by Crippen LogP contribution is 2.22. The summed E-state index contributed by atoms with van der Waals surface area (Å²) in [5.74, 6) is 0.0349. The third kappa shape index (κ3) is 3.49. The molecule has 7 heteroatoms. The van der Waals surface area contributed by atoms with Crippen LogP contribution in [0.2, 0.25) is 0 Å². The van der Waals surface area contributed by atoms with Gasteiger partial charge in [-0.1, -0.05) is 12.1 Å². The maximum atomic E-state index is 13.1. The van der Waals surface area contributed by atoms with Crippen molar-refractivity contribution in [3.8, 4) is 0 Å². The van der Waals surface area contributed by atoms with E-state index in [1.165, 1.54) is 5.56 Å². The maximum absolute atomic E-state index is 13.1. The standard InChI is InChI=1S/C22H22N4O3/c27-21-14-25(12-17-5-9-29-15-17)22(28)20-13-24(7-8-26(20)21)11-16-3-4-19-18(10-16)2-1-6-23-19/h1-6,9-10,15,20H,7-8,11-14H2. The van der Waals surface area contributed by atoms with E-state index in [4.69, 9.17) is 4.42 Å². The fourth-order valence-corrected chi connectivity index (χ4v) is 4.25. The first-order valence-corrected chi connectivity index (χ1v) is 9.83. The zero-order valence-electron chi connectivity index (χ0n) is 16.0. The van der Waals surface area contributed by atoms with Gasteiger partial charge in [0, 0.05) is 49.9 Å². The first-order chi connectivity index (χ1) is 14.2. The number of rotatable bonds is 4. The molecule has 148 valence electrons. The third-order valence-electron chi connectivity index (χ3n) is 5.73. The SMILES string of the molecule is O=C1C2CN(Cc3ccc4ncccc4c3)CCN2C(=O)CN1Cc1ccoc1. The van der Waals surface area contributed by atoms with Crippen LogP contribution in [0.4, 0.5) is 0 Å². The van der Waals surface area contributed by atoms with Crippen molar-refractivity contribution in [2.75, 3.05) is 26.2 Å². The van der Waals surface area contributed by atoms with E-state index in [1.807, 2.05) is 18.2 Å². The Morgan fingerprint density at radius 1 is 1.07 bits per heavy atom. The zero-order chi connectivity index (χ0) is 19.8. The number of benzene rings is 1. The van der Waals surface area contributed by atoms with Gasteiger partial charge in [0.2, 0.25) is 11.8 Å². The number of furan rings is 1. The van der Waals surface area contributed by atoms with Crippen molar-refractivity contribution < 1.29 is 14.0 Å². The van der Waals surface area contributed by atoms with Gasteiger partial charge < -0.3 is 14.2 Å². The summed E-state index contributed by atoms with van der Waals surface area (Å²) in [5, 5.41) is 1.11. The Balaban J connectivity index is 1.30. The highest BCUT2D eigenvalue weighted by Gasteiger charge is 2.42. The predicted molar refractivity (Wildman–Crippen MR) is 107 cm³/mol. The normalized spacial score (nSPS) is 20.3. The average molecular weight is 390 g/mol. The Morgan fingerprint density at radius 3 is 2.86 bits per heavy atom. The minimum atomic E-state index is -0.418. The number of carbonyl (C=O) groups is 2. The molecule has 2 amide bonds. The van der Waals surface area contributed by atoms with Gasteiger partial charge >= 0.3 is 0 Å². The molecule has 5 rings (SSSR count). The van der Waals surface area contributed by atoms with E-state index >= 15 is 0 Å². The summed E-state index contributed by atoms with van der Waals surface area (Å²) in [4.78, 5) is 35.7. The molecule has 2 aliphatic heterocycles. The third-order valence-corrected chi connectivity index (χ3v) is 5.73. The molecule has 0 aliphatic carbocycles. The number of nitrogens with zero attached hydrogens (tertiary/aromatic N) is 4. The van der Waals surface area contributed by atoms with Gasteiger partial charge in [-0.05, 0) is 29.8 Å². The second kappa shape index (κ2) is 7.33. The minimum Gasteiger partial charge on any atom is -0.472 e. The quantitative estimate of drug-likeness (QED) is 0.680. The molecule has 4 heterocycles. The molecular weight excluding hydrogens is 368 g/mol. The van der Waals surface area contributed by atoms with Crippen LogP contribution in [0.1, 0.15) is 11.1 Å². The Morgan fingerprint density at radius 2 is 2.00 bits per heavy atom. The molecule has 29 heavy (non-hydrogen) atoms. The number of aromatic nitrogens is 1. The van der Waals surface area contributed by atoms with E-state index in [1.54, 1.807) is 28.5 Å². The predicted octanol–water partition coefficient (Wildman–Crippen LogP) is 1.88. The van der Waals surface area contributed by atoms with Crippen molar-refractivity contribution in [2.24, 2.45) is 0 Å². The molecule has 0 bridgehead atoms. The van der Waals surface area contributed by atoms with Crippen LogP contribution in [0.3, 0.4) is 0 Å². The molecule has 3 aromatic rings. The second-order valence-electron chi connectivity index (χ2n) is 7.69. The molecule has 1 unspecified atom stereocenters. The number of hydrogen-bond acceptors (Lipinski definition) is 5. The van der Waals surface area contributed by atoms with Gasteiger partial charge in [-0.2, -0.15) is 0 Å². The van der Waals surface area contributed by atoms with Crippen LogP contribution in [0.25, 0.3) is 10.9 Å². The fraction of sp³-hybridized carbons (Fsp3) is 0.318. The van der Waals surface area contributed by atoms with Crippen LogP contribution >= 0.6 is 0 Å². The molecule has 1 aromatic carbocycles. The molecule has 2 aliphatic rings. The monoisotopic (exact) mass is 390 g/mol. The van der Waals surface area contributed by atoms with E-state index < -0.39 is 6.04 Å². The molecule has 7 nitrogen and oxygen atoms in total. The summed E-state index contributed by atoms with van der Waals surface area (Å²) in [6.45, 7) is 3.20. The summed E-state index contributed by atoms with van der Waals surface area (Å²) in [7, 11) is 0. The molecule has 1 atom stereocenters. The van der Waals surface area contributed by atoms with Gasteiger partial charge in [0.1, 0.15) is 12.6 Å². The minimum absolute atomic E-state index is 0.0122. The van der Waals surface area contributed by atoms with E-state index in [2.05, 4.69) is 28.1 Å². The lowest BCUT2D eigenvalue weighted by molar-refractivity contribution is -0.160. The number of hydrogen-bond donors (Lipinski definition) is 0. The largest absolute Gasteiger partial charge is 0.472 e. The van der Waals surface area contributed by atoms with Gasteiger partial charge in [-0.25, -0.2) is 0 Å². The van der Waals surface area contributed by atoms with E-state index in [9.17, 15) is 9.59 Å². The van der Waals surface area contributed by atoms with E-state index in [0.29, 0.717) is 19.6 Å². The van der Waals surface area contributed by atoms with Crippen molar-refractivity contribution in [3.63, 3.8) is 0 Å². The Kier molecular flexibility index (Phi) is 4.52. The lowest BCUT2D eigenvalue weighted by Crippen LogP contribution is -2.66. The van der Waals surface area contributed by atoms with Gasteiger partial charge in [0.05, 0.1) is 18.0 Å². The van der Waals surface area contributed by atoms with Crippen LogP contribution in [0, 0.1) is 0 Å². The number of carbonyl (C=O) groups excluding carboxylic acids is 2.